The SMILES string of the molecule is CCc1ccccn1.NC(N)=S. The van der Waals surface area contributed by atoms with E-state index < -0.39 is 0 Å². The fourth-order valence-electron chi connectivity index (χ4n) is 0.607. The Morgan fingerprint density at radius 3 is 2.33 bits per heavy atom. The maximum absolute atomic E-state index is 4.62. The number of pyridine rings is 1. The van der Waals surface area contributed by atoms with Crippen LogP contribution >= 0.6 is 12.2 Å². The van der Waals surface area contributed by atoms with Gasteiger partial charge in [0.2, 0.25) is 0 Å². The second-order valence-electron chi connectivity index (χ2n) is 2.08. The minimum atomic E-state index is 0.000000000000000222. The van der Waals surface area contributed by atoms with Gasteiger partial charge in [-0.05, 0) is 30.8 Å². The van der Waals surface area contributed by atoms with E-state index >= 15 is 0 Å². The number of aromatic nitrogens is 1. The first kappa shape index (κ1) is 10.8. The molecule has 1 rings (SSSR count). The zero-order valence-electron chi connectivity index (χ0n) is 7.03. The topological polar surface area (TPSA) is 64.9 Å². The Balaban J connectivity index is 0.000000261. The van der Waals surface area contributed by atoms with E-state index in [4.69, 9.17) is 0 Å². The van der Waals surface area contributed by atoms with Gasteiger partial charge >= 0.3 is 0 Å². The summed E-state index contributed by atoms with van der Waals surface area (Å²) in [6.07, 6.45) is 2.85. The summed E-state index contributed by atoms with van der Waals surface area (Å²) in [4.78, 5) is 4.10. The number of aryl methyl sites for hydroxylation is 1. The Bertz CT molecular complexity index is 219. The largest absolute Gasteiger partial charge is 0.377 e. The third-order valence-electron chi connectivity index (χ3n) is 1.09. The summed E-state index contributed by atoms with van der Waals surface area (Å²) in [5, 5.41) is 0.000000000000000222. The van der Waals surface area contributed by atoms with E-state index in [0.717, 1.165) is 12.1 Å². The monoisotopic (exact) mass is 183 g/mol. The van der Waals surface area contributed by atoms with Gasteiger partial charge in [0.1, 0.15) is 0 Å². The Kier molecular flexibility index (Phi) is 5.91. The van der Waals surface area contributed by atoms with Crippen molar-refractivity contribution in [2.75, 3.05) is 0 Å². The fraction of sp³-hybridized carbons (Fsp3) is 0.250. The molecule has 0 aliphatic rings. The lowest BCUT2D eigenvalue weighted by atomic mass is 10.3. The molecule has 0 radical (unpaired) electrons. The minimum absolute atomic E-state index is 0.000000000000000222. The fourth-order valence-corrected chi connectivity index (χ4v) is 0.607. The van der Waals surface area contributed by atoms with Gasteiger partial charge in [0, 0.05) is 11.9 Å². The van der Waals surface area contributed by atoms with Crippen LogP contribution in [0.25, 0.3) is 0 Å². The highest BCUT2D eigenvalue weighted by Gasteiger charge is 1.81. The molecule has 0 saturated carbocycles. The van der Waals surface area contributed by atoms with Gasteiger partial charge in [0.15, 0.2) is 5.11 Å². The van der Waals surface area contributed by atoms with Crippen molar-refractivity contribution in [3.8, 4) is 0 Å². The quantitative estimate of drug-likeness (QED) is 0.633. The zero-order valence-corrected chi connectivity index (χ0v) is 7.84. The van der Waals surface area contributed by atoms with E-state index in [1.165, 1.54) is 0 Å². The van der Waals surface area contributed by atoms with Crippen LogP contribution in [-0.4, -0.2) is 10.1 Å². The molecule has 0 unspecified atom stereocenters. The Morgan fingerprint density at radius 2 is 2.08 bits per heavy atom. The number of nitrogens with two attached hydrogens (primary N) is 2. The molecule has 0 fully saturated rings. The maximum Gasteiger partial charge on any atom is 0.160 e. The molecular formula is C8H13N3S. The summed E-state index contributed by atoms with van der Waals surface area (Å²) in [6, 6.07) is 5.96. The number of hydrogen-bond donors (Lipinski definition) is 2. The maximum atomic E-state index is 4.62. The normalized spacial score (nSPS) is 8.08. The molecule has 0 atom stereocenters. The van der Waals surface area contributed by atoms with E-state index in [1.54, 1.807) is 0 Å². The molecule has 1 aromatic heterocycles. The van der Waals surface area contributed by atoms with Crippen molar-refractivity contribution in [2.24, 2.45) is 11.5 Å². The summed E-state index contributed by atoms with van der Waals surface area (Å²) < 4.78 is 0. The van der Waals surface area contributed by atoms with Crippen molar-refractivity contribution in [1.82, 2.24) is 4.98 Å². The molecule has 4 heteroatoms. The second kappa shape index (κ2) is 6.54. The smallest absolute Gasteiger partial charge is 0.160 e. The molecule has 66 valence electrons. The molecule has 0 bridgehead atoms. The standard InChI is InChI=1S/C7H9N.CH4N2S/c1-2-7-5-3-4-6-8-7;2-1(3)4/h3-6H,2H2,1H3;(H4,2,3,4). The lowest BCUT2D eigenvalue weighted by molar-refractivity contribution is 1.04. The van der Waals surface area contributed by atoms with Gasteiger partial charge in [-0.25, -0.2) is 0 Å². The molecule has 0 saturated heterocycles. The molecule has 0 aliphatic heterocycles. The first-order chi connectivity index (χ1) is 5.66. The van der Waals surface area contributed by atoms with Gasteiger partial charge in [-0.3, -0.25) is 4.98 Å². The highest BCUT2D eigenvalue weighted by atomic mass is 32.1. The first-order valence-corrected chi connectivity index (χ1v) is 4.02. The van der Waals surface area contributed by atoms with Gasteiger partial charge in [0.05, 0.1) is 0 Å². The molecule has 3 nitrogen and oxygen atoms in total. The molecule has 0 amide bonds. The third-order valence-corrected chi connectivity index (χ3v) is 1.09. The second-order valence-corrected chi connectivity index (χ2v) is 2.55. The number of thiocarbonyl (C=S) groups is 1. The van der Waals surface area contributed by atoms with Crippen molar-refractivity contribution >= 4 is 17.3 Å². The van der Waals surface area contributed by atoms with E-state index in [2.05, 4.69) is 35.6 Å². The summed E-state index contributed by atoms with van der Waals surface area (Å²) in [5.74, 6) is 0. The highest BCUT2D eigenvalue weighted by molar-refractivity contribution is 7.80. The number of rotatable bonds is 1. The first-order valence-electron chi connectivity index (χ1n) is 3.61. The van der Waals surface area contributed by atoms with Gasteiger partial charge in [-0.15, -0.1) is 0 Å². The van der Waals surface area contributed by atoms with Crippen LogP contribution in [0.5, 0.6) is 0 Å². The zero-order chi connectivity index (χ0) is 9.40. The summed E-state index contributed by atoms with van der Waals surface area (Å²) in [5.41, 5.74) is 10.4. The van der Waals surface area contributed by atoms with Gasteiger partial charge in [0.25, 0.3) is 0 Å². The van der Waals surface area contributed by atoms with Crippen LogP contribution in [-0.2, 0) is 6.42 Å². The molecule has 1 aromatic rings. The molecule has 12 heavy (non-hydrogen) atoms. The van der Waals surface area contributed by atoms with Crippen LogP contribution in [0.15, 0.2) is 24.4 Å². The highest BCUT2D eigenvalue weighted by Crippen LogP contribution is 1.91. The predicted molar refractivity (Wildman–Crippen MR) is 54.6 cm³/mol. The minimum Gasteiger partial charge on any atom is -0.377 e. The van der Waals surface area contributed by atoms with Crippen LogP contribution in [0.3, 0.4) is 0 Å². The Hall–Kier alpha value is -1.16. The molecular weight excluding hydrogens is 170 g/mol. The molecule has 1 heterocycles. The van der Waals surface area contributed by atoms with Crippen LogP contribution in [0.1, 0.15) is 12.6 Å². The summed E-state index contributed by atoms with van der Waals surface area (Å²) in [7, 11) is 0. The van der Waals surface area contributed by atoms with E-state index in [-0.39, 0.29) is 5.11 Å². The van der Waals surface area contributed by atoms with Crippen molar-refractivity contribution < 1.29 is 0 Å². The predicted octanol–water partition coefficient (Wildman–Crippen LogP) is 0.833. The van der Waals surface area contributed by atoms with E-state index in [0.29, 0.717) is 0 Å². The van der Waals surface area contributed by atoms with E-state index in [1.807, 2.05) is 24.4 Å². The Labute approximate surface area is 77.8 Å². The van der Waals surface area contributed by atoms with Crippen LogP contribution in [0.4, 0.5) is 0 Å². The van der Waals surface area contributed by atoms with Crippen LogP contribution < -0.4 is 11.5 Å². The Morgan fingerprint density at radius 1 is 1.50 bits per heavy atom. The van der Waals surface area contributed by atoms with Gasteiger partial charge in [-0.2, -0.15) is 0 Å². The average Bonchev–Trinajstić information content (AvgIpc) is 2.05. The lowest BCUT2D eigenvalue weighted by Crippen LogP contribution is -2.18. The molecule has 0 aromatic carbocycles. The number of nitrogens with zero attached hydrogens (tertiary/aromatic N) is 1. The van der Waals surface area contributed by atoms with Crippen molar-refractivity contribution in [1.29, 1.82) is 0 Å². The summed E-state index contributed by atoms with van der Waals surface area (Å²) >= 11 is 4.09. The van der Waals surface area contributed by atoms with Gasteiger partial charge < -0.3 is 11.5 Å². The average molecular weight is 183 g/mol. The van der Waals surface area contributed by atoms with Crippen LogP contribution in [0.2, 0.25) is 0 Å². The third kappa shape index (κ3) is 6.95. The summed E-state index contributed by atoms with van der Waals surface area (Å²) in [6.45, 7) is 2.10. The van der Waals surface area contributed by atoms with Crippen molar-refractivity contribution in [3.05, 3.63) is 30.1 Å². The lowest BCUT2D eigenvalue weighted by Gasteiger charge is -1.88. The molecule has 4 N–H and O–H groups in total. The van der Waals surface area contributed by atoms with Gasteiger partial charge in [-0.1, -0.05) is 13.0 Å². The van der Waals surface area contributed by atoms with Crippen molar-refractivity contribution in [3.63, 3.8) is 0 Å². The molecule has 0 spiro atoms. The van der Waals surface area contributed by atoms with E-state index in [9.17, 15) is 0 Å². The van der Waals surface area contributed by atoms with Crippen LogP contribution in [0, 0.1) is 0 Å². The molecule has 0 aliphatic carbocycles. The van der Waals surface area contributed by atoms with Crippen molar-refractivity contribution in [2.45, 2.75) is 13.3 Å². The number of hydrogen-bond acceptors (Lipinski definition) is 2.